The molecule has 0 spiro atoms. The smallest absolute Gasteiger partial charge is 0.358 e. The SMILES string of the molecule is O=C(O)c1cc(CNc2ccc3ncsc3c2)on1. The van der Waals surface area contributed by atoms with Crippen LogP contribution in [0.2, 0.25) is 0 Å². The van der Waals surface area contributed by atoms with Crippen molar-refractivity contribution in [2.45, 2.75) is 6.54 Å². The number of aromatic nitrogens is 2. The number of thiazole rings is 1. The first kappa shape index (κ1) is 11.7. The number of hydrogen-bond acceptors (Lipinski definition) is 6. The van der Waals surface area contributed by atoms with Gasteiger partial charge in [0, 0.05) is 11.8 Å². The van der Waals surface area contributed by atoms with Crippen LogP contribution in [0.25, 0.3) is 10.2 Å². The van der Waals surface area contributed by atoms with Crippen molar-refractivity contribution in [3.8, 4) is 0 Å². The summed E-state index contributed by atoms with van der Waals surface area (Å²) in [5, 5.41) is 15.3. The lowest BCUT2D eigenvalue weighted by molar-refractivity contribution is 0.0685. The molecule has 1 aromatic carbocycles. The maximum atomic E-state index is 10.7. The zero-order chi connectivity index (χ0) is 13.2. The number of nitrogens with one attached hydrogen (secondary N) is 1. The molecule has 0 fully saturated rings. The molecule has 96 valence electrons. The Balaban J connectivity index is 1.72. The lowest BCUT2D eigenvalue weighted by Crippen LogP contribution is -1.98. The van der Waals surface area contributed by atoms with E-state index in [0.29, 0.717) is 12.3 Å². The van der Waals surface area contributed by atoms with Gasteiger partial charge in [-0.25, -0.2) is 9.78 Å². The van der Waals surface area contributed by atoms with Crippen LogP contribution in [0.1, 0.15) is 16.2 Å². The Morgan fingerprint density at radius 2 is 2.32 bits per heavy atom. The highest BCUT2D eigenvalue weighted by Gasteiger charge is 2.10. The van der Waals surface area contributed by atoms with Crippen molar-refractivity contribution in [2.24, 2.45) is 0 Å². The number of carboxylic acid groups (broad SMARTS) is 1. The Morgan fingerprint density at radius 1 is 1.42 bits per heavy atom. The topological polar surface area (TPSA) is 88.2 Å². The van der Waals surface area contributed by atoms with E-state index in [1.54, 1.807) is 16.8 Å². The molecule has 0 aliphatic heterocycles. The number of anilines is 1. The summed E-state index contributed by atoms with van der Waals surface area (Å²) in [6.45, 7) is 0.380. The summed E-state index contributed by atoms with van der Waals surface area (Å²) in [5.41, 5.74) is 3.59. The van der Waals surface area contributed by atoms with Crippen LogP contribution in [-0.2, 0) is 6.54 Å². The molecular formula is C12H9N3O3S. The highest BCUT2D eigenvalue weighted by molar-refractivity contribution is 7.16. The van der Waals surface area contributed by atoms with Crippen LogP contribution in [-0.4, -0.2) is 21.2 Å². The first-order chi connectivity index (χ1) is 9.22. The standard InChI is InChI=1S/C12H9N3O3S/c16-12(17)10-4-8(18-15-10)5-13-7-1-2-9-11(3-7)19-6-14-9/h1-4,6,13H,5H2,(H,16,17). The molecule has 6 nitrogen and oxygen atoms in total. The number of benzene rings is 1. The summed E-state index contributed by atoms with van der Waals surface area (Å²) in [6.07, 6.45) is 0. The molecule has 2 heterocycles. The van der Waals surface area contributed by atoms with Gasteiger partial charge in [-0.1, -0.05) is 5.16 Å². The van der Waals surface area contributed by atoms with E-state index >= 15 is 0 Å². The maximum absolute atomic E-state index is 10.7. The minimum absolute atomic E-state index is 0.0882. The van der Waals surface area contributed by atoms with Crippen molar-refractivity contribution in [1.82, 2.24) is 10.1 Å². The lowest BCUT2D eigenvalue weighted by Gasteiger charge is -2.03. The molecule has 0 radical (unpaired) electrons. The van der Waals surface area contributed by atoms with Gasteiger partial charge in [-0.05, 0) is 18.2 Å². The fraction of sp³-hybridized carbons (Fsp3) is 0.0833. The van der Waals surface area contributed by atoms with Gasteiger partial charge in [0.1, 0.15) is 0 Å². The number of carbonyl (C=O) groups is 1. The molecule has 19 heavy (non-hydrogen) atoms. The number of nitrogens with zero attached hydrogens (tertiary/aromatic N) is 2. The molecule has 2 N–H and O–H groups in total. The van der Waals surface area contributed by atoms with E-state index in [0.717, 1.165) is 15.9 Å². The summed E-state index contributed by atoms with van der Waals surface area (Å²) in [7, 11) is 0. The molecule has 3 aromatic rings. The highest BCUT2D eigenvalue weighted by atomic mass is 32.1. The molecule has 0 saturated heterocycles. The molecule has 0 atom stereocenters. The molecular weight excluding hydrogens is 266 g/mol. The molecule has 7 heteroatoms. The van der Waals surface area contributed by atoms with Crippen LogP contribution in [0.15, 0.2) is 34.3 Å². The third-order valence-corrected chi connectivity index (χ3v) is 3.37. The van der Waals surface area contributed by atoms with E-state index < -0.39 is 5.97 Å². The molecule has 2 aromatic heterocycles. The third kappa shape index (κ3) is 2.41. The van der Waals surface area contributed by atoms with Crippen molar-refractivity contribution in [1.29, 1.82) is 0 Å². The monoisotopic (exact) mass is 275 g/mol. The normalized spacial score (nSPS) is 10.7. The van der Waals surface area contributed by atoms with Gasteiger partial charge in [0.25, 0.3) is 0 Å². The minimum atomic E-state index is -1.10. The fourth-order valence-corrected chi connectivity index (χ4v) is 2.37. The van der Waals surface area contributed by atoms with Gasteiger partial charge in [0.15, 0.2) is 11.5 Å². The second-order valence-corrected chi connectivity index (χ2v) is 4.76. The van der Waals surface area contributed by atoms with Gasteiger partial charge in [-0.15, -0.1) is 11.3 Å². The van der Waals surface area contributed by atoms with E-state index in [-0.39, 0.29) is 5.69 Å². The Bertz CT molecular complexity index is 734. The number of rotatable bonds is 4. The largest absolute Gasteiger partial charge is 0.476 e. The van der Waals surface area contributed by atoms with Crippen LogP contribution in [0.3, 0.4) is 0 Å². The van der Waals surface area contributed by atoms with Gasteiger partial charge in [0.05, 0.1) is 22.3 Å². The van der Waals surface area contributed by atoms with Gasteiger partial charge >= 0.3 is 5.97 Å². The van der Waals surface area contributed by atoms with Crippen molar-refractivity contribution in [3.05, 3.63) is 41.2 Å². The fourth-order valence-electron chi connectivity index (χ4n) is 1.65. The first-order valence-corrected chi connectivity index (χ1v) is 6.36. The minimum Gasteiger partial charge on any atom is -0.476 e. The second-order valence-electron chi connectivity index (χ2n) is 3.87. The van der Waals surface area contributed by atoms with E-state index in [4.69, 9.17) is 9.63 Å². The number of hydrogen-bond donors (Lipinski definition) is 2. The van der Waals surface area contributed by atoms with Crippen LogP contribution >= 0.6 is 11.3 Å². The molecule has 0 aliphatic rings. The van der Waals surface area contributed by atoms with Crippen molar-refractivity contribution < 1.29 is 14.4 Å². The third-order valence-electron chi connectivity index (χ3n) is 2.58. The summed E-state index contributed by atoms with van der Waals surface area (Å²) in [6, 6.07) is 7.23. The Hall–Kier alpha value is -2.41. The Morgan fingerprint density at radius 3 is 3.11 bits per heavy atom. The summed E-state index contributed by atoms with van der Waals surface area (Å²) in [5.74, 6) is -0.622. The van der Waals surface area contributed by atoms with Gasteiger partial charge in [-0.3, -0.25) is 0 Å². The van der Waals surface area contributed by atoms with Gasteiger partial charge < -0.3 is 14.9 Å². The number of fused-ring (bicyclic) bond motifs is 1. The highest BCUT2D eigenvalue weighted by Crippen LogP contribution is 2.22. The quantitative estimate of drug-likeness (QED) is 0.760. The Kier molecular flexibility index (Phi) is 2.88. The second kappa shape index (κ2) is 4.69. The summed E-state index contributed by atoms with van der Waals surface area (Å²) < 4.78 is 6.01. The summed E-state index contributed by atoms with van der Waals surface area (Å²) in [4.78, 5) is 14.9. The van der Waals surface area contributed by atoms with Crippen molar-refractivity contribution in [2.75, 3.05) is 5.32 Å². The van der Waals surface area contributed by atoms with Crippen molar-refractivity contribution >= 4 is 33.2 Å². The van der Waals surface area contributed by atoms with Crippen LogP contribution in [0.4, 0.5) is 5.69 Å². The average Bonchev–Trinajstić information content (AvgIpc) is 3.04. The molecule has 3 rings (SSSR count). The number of carboxylic acids is 1. The van der Waals surface area contributed by atoms with E-state index in [1.807, 2.05) is 18.2 Å². The van der Waals surface area contributed by atoms with E-state index in [9.17, 15) is 4.79 Å². The Labute approximate surface area is 111 Å². The van der Waals surface area contributed by atoms with Gasteiger partial charge in [0.2, 0.25) is 0 Å². The predicted molar refractivity (Wildman–Crippen MR) is 70.4 cm³/mol. The first-order valence-electron chi connectivity index (χ1n) is 5.48. The molecule has 0 unspecified atom stereocenters. The number of aromatic carboxylic acids is 1. The molecule has 0 bridgehead atoms. The molecule has 0 amide bonds. The van der Waals surface area contributed by atoms with Gasteiger partial charge in [-0.2, -0.15) is 0 Å². The predicted octanol–water partition coefficient (Wildman–Crippen LogP) is 2.59. The van der Waals surface area contributed by atoms with Crippen LogP contribution < -0.4 is 5.32 Å². The van der Waals surface area contributed by atoms with E-state index in [1.165, 1.54) is 6.07 Å². The summed E-state index contributed by atoms with van der Waals surface area (Å²) >= 11 is 1.57. The molecule has 0 aliphatic carbocycles. The molecule has 0 saturated carbocycles. The average molecular weight is 275 g/mol. The van der Waals surface area contributed by atoms with Crippen LogP contribution in [0, 0.1) is 0 Å². The lowest BCUT2D eigenvalue weighted by atomic mass is 10.3. The van der Waals surface area contributed by atoms with Crippen LogP contribution in [0.5, 0.6) is 0 Å². The zero-order valence-electron chi connectivity index (χ0n) is 9.66. The van der Waals surface area contributed by atoms with E-state index in [2.05, 4.69) is 15.5 Å². The zero-order valence-corrected chi connectivity index (χ0v) is 10.5. The van der Waals surface area contributed by atoms with Crippen molar-refractivity contribution in [3.63, 3.8) is 0 Å². The maximum Gasteiger partial charge on any atom is 0.358 e.